The molecule has 2 aromatic rings. The summed E-state index contributed by atoms with van der Waals surface area (Å²) in [6, 6.07) is 7.98. The van der Waals surface area contributed by atoms with Crippen molar-refractivity contribution in [1.82, 2.24) is 20.0 Å². The zero-order valence-electron chi connectivity index (χ0n) is 34.4. The summed E-state index contributed by atoms with van der Waals surface area (Å²) in [6.07, 6.45) is 28.2. The van der Waals surface area contributed by atoms with Crippen LogP contribution in [0.2, 0.25) is 0 Å². The van der Waals surface area contributed by atoms with Crippen molar-refractivity contribution in [1.29, 1.82) is 0 Å². The summed E-state index contributed by atoms with van der Waals surface area (Å²) in [5.41, 5.74) is -4.15. The van der Waals surface area contributed by atoms with Gasteiger partial charge in [0.1, 0.15) is 24.0 Å². The van der Waals surface area contributed by atoms with Crippen LogP contribution in [0.5, 0.6) is 5.75 Å². The van der Waals surface area contributed by atoms with E-state index in [-0.39, 0.29) is 31.0 Å². The van der Waals surface area contributed by atoms with E-state index in [1.807, 2.05) is 17.1 Å². The van der Waals surface area contributed by atoms with Crippen molar-refractivity contribution < 1.29 is 42.5 Å². The van der Waals surface area contributed by atoms with Gasteiger partial charge >= 0.3 is 19.4 Å². The van der Waals surface area contributed by atoms with Gasteiger partial charge in [0.05, 0.1) is 6.61 Å². The summed E-state index contributed by atoms with van der Waals surface area (Å²) in [7, 11) is -4.20. The van der Waals surface area contributed by atoms with Crippen molar-refractivity contribution in [2.24, 2.45) is 0 Å². The Morgan fingerprint density at radius 3 is 2.08 bits per heavy atom. The average molecular weight is 855 g/mol. The normalized spacial score (nSPS) is 21.2. The number of para-hydroxylation sites is 1. The Bertz CT molecular complexity index is 1960. The number of alkyl halides is 1. The number of rotatable bonds is 28. The number of ether oxygens (including phenoxy) is 1. The fraction of sp³-hybridized carbons (Fsp3) is 0.455. The SMILES string of the molecule is CCC=CCC=CCC=CCC=CCC=CCC=CCCC(=O)NC(CCCCNP(=O)(OC[C@H]1O[C@@H](n2ccc(=O)[nH]c2=O)[C@](C)(F)[C@@H]1O)Oc1ccccc1)C(=O)O. The number of amides is 1. The number of hydrogen-bond donors (Lipinski definition) is 5. The number of carbonyl (C=O) groups is 2. The first-order chi connectivity index (χ1) is 28.9. The van der Waals surface area contributed by atoms with Gasteiger partial charge in [-0.25, -0.2) is 23.6 Å². The molecule has 60 heavy (non-hydrogen) atoms. The van der Waals surface area contributed by atoms with Crippen LogP contribution in [0.1, 0.15) is 90.7 Å². The zero-order valence-corrected chi connectivity index (χ0v) is 35.3. The van der Waals surface area contributed by atoms with Gasteiger partial charge in [0.25, 0.3) is 5.56 Å². The van der Waals surface area contributed by atoms with Crippen molar-refractivity contribution in [3.8, 4) is 5.75 Å². The van der Waals surface area contributed by atoms with E-state index in [4.69, 9.17) is 13.8 Å². The van der Waals surface area contributed by atoms with Crippen LogP contribution in [0, 0.1) is 0 Å². The van der Waals surface area contributed by atoms with E-state index in [0.717, 1.165) is 62.3 Å². The van der Waals surface area contributed by atoms with Crippen LogP contribution >= 0.6 is 7.75 Å². The van der Waals surface area contributed by atoms with Crippen LogP contribution < -0.4 is 26.2 Å². The second kappa shape index (κ2) is 27.0. The molecule has 1 aliphatic heterocycles. The van der Waals surface area contributed by atoms with Gasteiger partial charge in [-0.15, -0.1) is 0 Å². The number of halogens is 1. The second-order valence-corrected chi connectivity index (χ2v) is 15.9. The number of nitrogens with zero attached hydrogens (tertiary/aromatic N) is 1. The molecule has 1 fully saturated rings. The molecule has 1 aliphatic rings. The van der Waals surface area contributed by atoms with Gasteiger partial charge in [0, 0.05) is 25.2 Å². The third-order valence-corrected chi connectivity index (χ3v) is 10.7. The summed E-state index contributed by atoms with van der Waals surface area (Å²) in [4.78, 5) is 50.2. The number of aliphatic hydroxyl groups is 1. The lowest BCUT2D eigenvalue weighted by molar-refractivity contribution is -0.142. The molecule has 14 nitrogen and oxygen atoms in total. The Hall–Kier alpha value is -4.92. The maximum absolute atomic E-state index is 15.7. The molecule has 0 radical (unpaired) electrons. The standard InChI is InChI=1S/C44H60FN4O10P/c1-3-4-5-6-7-8-9-10-11-12-13-14-15-16-17-18-19-20-24-30-38(50)47-36(41(53)54)29-25-26-32-46-60(56,59-35-27-22-21-23-28-35)57-34-37-40(52)44(2,45)42(58-37)49-33-31-39(51)48-43(49)55/h4-5,7-8,10-11,13-14,16-17,19-23,27-28,31,33,36-37,40,42,52H,3,6,9,12,15,18,24-26,29-30,32,34H2,1-2H3,(H,46,56)(H,47,50)(H,53,54)(H,48,51,55)/t36?,37-,40-,42-,44-,60?/m1/s1. The Kier molecular flexibility index (Phi) is 22.3. The van der Waals surface area contributed by atoms with Crippen LogP contribution in [0.3, 0.4) is 0 Å². The fourth-order valence-corrected chi connectivity index (χ4v) is 7.31. The van der Waals surface area contributed by atoms with Crippen LogP contribution in [0.15, 0.2) is 125 Å². The molecule has 1 amide bonds. The van der Waals surface area contributed by atoms with E-state index in [1.54, 1.807) is 18.2 Å². The summed E-state index contributed by atoms with van der Waals surface area (Å²) < 4.78 is 47.2. The molecule has 0 bridgehead atoms. The fourth-order valence-electron chi connectivity index (χ4n) is 5.93. The molecule has 2 unspecified atom stereocenters. The maximum Gasteiger partial charge on any atom is 0.458 e. The van der Waals surface area contributed by atoms with Gasteiger partial charge in [-0.2, -0.15) is 0 Å². The van der Waals surface area contributed by atoms with Crippen LogP contribution in [0.25, 0.3) is 0 Å². The zero-order chi connectivity index (χ0) is 43.6. The lowest BCUT2D eigenvalue weighted by Gasteiger charge is -2.24. The molecule has 1 saturated heterocycles. The number of H-pyrrole nitrogens is 1. The molecule has 1 aromatic heterocycles. The number of carboxylic acids is 1. The highest BCUT2D eigenvalue weighted by Gasteiger charge is 2.55. The Balaban J connectivity index is 1.38. The monoisotopic (exact) mass is 854 g/mol. The van der Waals surface area contributed by atoms with Crippen LogP contribution in [0.4, 0.5) is 4.39 Å². The lowest BCUT2D eigenvalue weighted by Crippen LogP contribution is -2.43. The molecule has 0 spiro atoms. The molecule has 6 atom stereocenters. The molecule has 1 aromatic carbocycles. The summed E-state index contributed by atoms with van der Waals surface area (Å²) >= 11 is 0. The number of carbonyl (C=O) groups excluding carboxylic acids is 1. The maximum atomic E-state index is 15.7. The summed E-state index contributed by atoms with van der Waals surface area (Å²) in [5.74, 6) is -1.38. The Morgan fingerprint density at radius 2 is 1.52 bits per heavy atom. The number of nitrogens with one attached hydrogen (secondary N) is 3. The number of allylic oxidation sites excluding steroid dienone is 12. The van der Waals surface area contributed by atoms with Crippen molar-refractivity contribution in [3.05, 3.63) is 136 Å². The molecule has 2 heterocycles. The number of aliphatic carboxylic acids is 1. The molecular formula is C44H60FN4O10P. The smallest absolute Gasteiger partial charge is 0.458 e. The minimum atomic E-state index is -4.20. The second-order valence-electron chi connectivity index (χ2n) is 14.2. The largest absolute Gasteiger partial charge is 0.480 e. The minimum Gasteiger partial charge on any atom is -0.480 e. The highest BCUT2D eigenvalue weighted by atomic mass is 31.2. The van der Waals surface area contributed by atoms with Gasteiger partial charge in [0.2, 0.25) is 5.91 Å². The average Bonchev–Trinajstić information content (AvgIpc) is 3.44. The van der Waals surface area contributed by atoms with E-state index in [9.17, 15) is 34.0 Å². The molecular weight excluding hydrogens is 794 g/mol. The Labute approximate surface area is 351 Å². The number of hydrogen-bond acceptors (Lipinski definition) is 9. The number of unbranched alkanes of at least 4 members (excludes halogenated alkanes) is 1. The molecule has 16 heteroatoms. The van der Waals surface area contributed by atoms with Crippen molar-refractivity contribution in [2.45, 2.75) is 115 Å². The van der Waals surface area contributed by atoms with E-state index >= 15 is 4.39 Å². The topological polar surface area (TPSA) is 198 Å². The number of aromatic nitrogens is 2. The number of benzene rings is 1. The first kappa shape index (κ1) is 49.4. The third kappa shape index (κ3) is 18.1. The molecule has 3 rings (SSSR count). The van der Waals surface area contributed by atoms with E-state index in [2.05, 4.69) is 78.1 Å². The first-order valence-electron chi connectivity index (χ1n) is 20.4. The van der Waals surface area contributed by atoms with Gasteiger partial charge in [-0.05, 0) is 83.3 Å². The molecule has 0 aliphatic carbocycles. The van der Waals surface area contributed by atoms with Gasteiger partial charge in [-0.1, -0.05) is 98.0 Å². The first-order valence-corrected chi connectivity index (χ1v) is 21.9. The van der Waals surface area contributed by atoms with E-state index in [1.165, 1.54) is 12.1 Å². The number of aromatic amines is 1. The summed E-state index contributed by atoms with van der Waals surface area (Å²) in [6.45, 7) is 2.58. The van der Waals surface area contributed by atoms with Crippen molar-refractivity contribution >= 4 is 19.6 Å². The number of carboxylic acid groups (broad SMARTS) is 1. The summed E-state index contributed by atoms with van der Waals surface area (Å²) in [5, 5.41) is 25.7. The third-order valence-electron chi connectivity index (χ3n) is 9.19. The van der Waals surface area contributed by atoms with Crippen LogP contribution in [-0.2, 0) is 23.4 Å². The highest BCUT2D eigenvalue weighted by Crippen LogP contribution is 2.47. The van der Waals surface area contributed by atoms with Crippen LogP contribution in [-0.4, -0.2) is 68.7 Å². The van der Waals surface area contributed by atoms with E-state index < -0.39 is 61.7 Å². The lowest BCUT2D eigenvalue weighted by atomic mass is 9.98. The number of aliphatic hydroxyl groups excluding tert-OH is 1. The highest BCUT2D eigenvalue weighted by molar-refractivity contribution is 7.52. The van der Waals surface area contributed by atoms with Crippen molar-refractivity contribution in [3.63, 3.8) is 0 Å². The van der Waals surface area contributed by atoms with Gasteiger partial charge in [-0.3, -0.25) is 23.7 Å². The van der Waals surface area contributed by atoms with Gasteiger partial charge in [0.15, 0.2) is 11.9 Å². The predicted molar refractivity (Wildman–Crippen MR) is 230 cm³/mol. The quantitative estimate of drug-likeness (QED) is 0.0322. The molecule has 5 N–H and O–H groups in total. The van der Waals surface area contributed by atoms with E-state index in [0.29, 0.717) is 19.3 Å². The van der Waals surface area contributed by atoms with Gasteiger partial charge < -0.3 is 24.8 Å². The van der Waals surface area contributed by atoms with Crippen molar-refractivity contribution in [2.75, 3.05) is 13.2 Å². The molecule has 0 saturated carbocycles. The predicted octanol–water partition coefficient (Wildman–Crippen LogP) is 7.53. The molecule has 328 valence electrons. The Morgan fingerprint density at radius 1 is 0.933 bits per heavy atom. The minimum absolute atomic E-state index is 0.0391.